The van der Waals surface area contributed by atoms with E-state index in [2.05, 4.69) is 9.88 Å². The number of amides is 1. The van der Waals surface area contributed by atoms with Gasteiger partial charge in [-0.25, -0.2) is 0 Å². The fourth-order valence-electron chi connectivity index (χ4n) is 4.84. The van der Waals surface area contributed by atoms with Crippen LogP contribution >= 0.6 is 0 Å². The number of likely N-dealkylation sites (tertiary alicyclic amines) is 1. The Kier molecular flexibility index (Phi) is 6.47. The number of hydrogen-bond donors (Lipinski definition) is 0. The van der Waals surface area contributed by atoms with Gasteiger partial charge in [0.1, 0.15) is 5.75 Å². The van der Waals surface area contributed by atoms with Gasteiger partial charge in [-0.1, -0.05) is 0 Å². The van der Waals surface area contributed by atoms with Gasteiger partial charge in [-0.3, -0.25) is 9.78 Å². The minimum atomic E-state index is -0.0357. The molecule has 3 fully saturated rings. The SMILES string of the molecule is O=C(C1CCOCC1)N1CCC2(CC1)CC(CCOc1ccncc1)CCO2. The van der Waals surface area contributed by atoms with Gasteiger partial charge in [0.15, 0.2) is 0 Å². The van der Waals surface area contributed by atoms with Crippen LogP contribution in [0.3, 0.4) is 0 Å². The van der Waals surface area contributed by atoms with E-state index in [1.165, 1.54) is 0 Å². The zero-order chi connectivity index (χ0) is 19.2. The Bertz CT molecular complexity index is 625. The molecule has 1 unspecified atom stereocenters. The molecule has 0 aromatic carbocycles. The van der Waals surface area contributed by atoms with Gasteiger partial charge in [-0.05, 0) is 63.0 Å². The molecule has 1 spiro atoms. The molecule has 1 aromatic rings. The van der Waals surface area contributed by atoms with Crippen LogP contribution in [-0.2, 0) is 14.3 Å². The lowest BCUT2D eigenvalue weighted by Crippen LogP contribution is -2.52. The molecular formula is C22H32N2O4. The minimum Gasteiger partial charge on any atom is -0.493 e. The summed E-state index contributed by atoms with van der Waals surface area (Å²) >= 11 is 0. The molecule has 1 atom stereocenters. The number of rotatable bonds is 5. The molecule has 0 bridgehead atoms. The summed E-state index contributed by atoms with van der Waals surface area (Å²) in [4.78, 5) is 18.9. The van der Waals surface area contributed by atoms with Crippen molar-refractivity contribution in [1.29, 1.82) is 0 Å². The minimum absolute atomic E-state index is 0.0357. The molecule has 0 saturated carbocycles. The lowest BCUT2D eigenvalue weighted by atomic mass is 9.78. The summed E-state index contributed by atoms with van der Waals surface area (Å²) < 4.78 is 17.5. The van der Waals surface area contributed by atoms with Crippen LogP contribution in [0.25, 0.3) is 0 Å². The van der Waals surface area contributed by atoms with Crippen LogP contribution in [0.4, 0.5) is 0 Å². The predicted octanol–water partition coefficient (Wildman–Crippen LogP) is 3.06. The summed E-state index contributed by atoms with van der Waals surface area (Å²) in [5, 5.41) is 0. The maximum atomic E-state index is 12.8. The number of pyridine rings is 1. The number of piperidine rings is 1. The van der Waals surface area contributed by atoms with E-state index in [1.807, 2.05) is 12.1 Å². The molecule has 0 aliphatic carbocycles. The topological polar surface area (TPSA) is 60.9 Å². The lowest BCUT2D eigenvalue weighted by molar-refractivity contribution is -0.153. The third kappa shape index (κ3) is 4.84. The van der Waals surface area contributed by atoms with Gasteiger partial charge >= 0.3 is 0 Å². The highest BCUT2D eigenvalue weighted by atomic mass is 16.5. The molecule has 3 aliphatic rings. The van der Waals surface area contributed by atoms with Gasteiger partial charge in [-0.2, -0.15) is 0 Å². The number of ether oxygens (including phenoxy) is 3. The molecule has 6 nitrogen and oxygen atoms in total. The molecule has 154 valence electrons. The van der Waals surface area contributed by atoms with Gasteiger partial charge in [0, 0.05) is 51.2 Å². The average molecular weight is 389 g/mol. The van der Waals surface area contributed by atoms with Crippen LogP contribution in [0.2, 0.25) is 0 Å². The summed E-state index contributed by atoms with van der Waals surface area (Å²) in [5.41, 5.74) is -0.0357. The largest absolute Gasteiger partial charge is 0.493 e. The summed E-state index contributed by atoms with van der Waals surface area (Å²) in [6, 6.07) is 3.80. The number of carbonyl (C=O) groups is 1. The Balaban J connectivity index is 1.23. The Hall–Kier alpha value is -1.66. The maximum Gasteiger partial charge on any atom is 0.225 e. The predicted molar refractivity (Wildman–Crippen MR) is 105 cm³/mol. The number of aromatic nitrogens is 1. The van der Waals surface area contributed by atoms with Crippen molar-refractivity contribution in [3.05, 3.63) is 24.5 Å². The van der Waals surface area contributed by atoms with Gasteiger partial charge in [0.2, 0.25) is 5.91 Å². The Morgan fingerprint density at radius 2 is 1.89 bits per heavy atom. The first kappa shape index (κ1) is 19.6. The van der Waals surface area contributed by atoms with Crippen molar-refractivity contribution in [1.82, 2.24) is 9.88 Å². The molecule has 3 aliphatic heterocycles. The Morgan fingerprint density at radius 1 is 1.14 bits per heavy atom. The summed E-state index contributed by atoms with van der Waals surface area (Å²) in [6.07, 6.45) is 10.4. The molecule has 4 heterocycles. The van der Waals surface area contributed by atoms with E-state index >= 15 is 0 Å². The van der Waals surface area contributed by atoms with Crippen LogP contribution in [0.15, 0.2) is 24.5 Å². The van der Waals surface area contributed by atoms with Gasteiger partial charge in [-0.15, -0.1) is 0 Å². The van der Waals surface area contributed by atoms with Crippen LogP contribution in [0.1, 0.15) is 44.9 Å². The number of carbonyl (C=O) groups excluding carboxylic acids is 1. The van der Waals surface area contributed by atoms with Crippen LogP contribution < -0.4 is 4.74 Å². The molecule has 1 amide bonds. The fraction of sp³-hybridized carbons (Fsp3) is 0.727. The number of hydrogen-bond acceptors (Lipinski definition) is 5. The Labute approximate surface area is 167 Å². The third-order valence-corrected chi connectivity index (χ3v) is 6.60. The van der Waals surface area contributed by atoms with Crippen molar-refractivity contribution in [2.24, 2.45) is 11.8 Å². The van der Waals surface area contributed by atoms with E-state index in [1.54, 1.807) is 12.4 Å². The first-order chi connectivity index (χ1) is 13.7. The second-order valence-corrected chi connectivity index (χ2v) is 8.42. The first-order valence-electron chi connectivity index (χ1n) is 10.8. The zero-order valence-corrected chi connectivity index (χ0v) is 16.7. The van der Waals surface area contributed by atoms with Gasteiger partial charge < -0.3 is 19.1 Å². The average Bonchev–Trinajstić information content (AvgIpc) is 2.75. The highest BCUT2D eigenvalue weighted by Crippen LogP contribution is 2.39. The molecule has 28 heavy (non-hydrogen) atoms. The first-order valence-corrected chi connectivity index (χ1v) is 10.8. The molecule has 4 rings (SSSR count). The van der Waals surface area contributed by atoms with Crippen molar-refractivity contribution in [2.75, 3.05) is 39.5 Å². The van der Waals surface area contributed by atoms with Crippen molar-refractivity contribution in [2.45, 2.75) is 50.5 Å². The van der Waals surface area contributed by atoms with Crippen molar-refractivity contribution >= 4 is 5.91 Å². The highest BCUT2D eigenvalue weighted by molar-refractivity contribution is 5.79. The zero-order valence-electron chi connectivity index (χ0n) is 16.7. The van der Waals surface area contributed by atoms with Crippen molar-refractivity contribution < 1.29 is 19.0 Å². The summed E-state index contributed by atoms with van der Waals surface area (Å²) in [7, 11) is 0. The number of nitrogens with zero attached hydrogens (tertiary/aromatic N) is 2. The maximum absolute atomic E-state index is 12.8. The van der Waals surface area contributed by atoms with Crippen LogP contribution in [0, 0.1) is 11.8 Å². The molecular weight excluding hydrogens is 356 g/mol. The molecule has 3 saturated heterocycles. The normalized spacial score (nSPS) is 25.6. The van der Waals surface area contributed by atoms with E-state index in [4.69, 9.17) is 14.2 Å². The van der Waals surface area contributed by atoms with E-state index in [-0.39, 0.29) is 11.5 Å². The lowest BCUT2D eigenvalue weighted by Gasteiger charge is -2.47. The van der Waals surface area contributed by atoms with Crippen LogP contribution in [0.5, 0.6) is 5.75 Å². The molecule has 0 N–H and O–H groups in total. The standard InChI is InChI=1S/C22H32N2O4/c25-21(19-5-13-26-14-6-19)24-11-7-22(8-12-24)17-18(4-16-28-22)3-15-27-20-1-9-23-10-2-20/h1-2,9-10,18-19H,3-8,11-17H2. The van der Waals surface area contributed by atoms with Gasteiger partial charge in [0.25, 0.3) is 0 Å². The summed E-state index contributed by atoms with van der Waals surface area (Å²) in [6.45, 7) is 4.67. The second kappa shape index (κ2) is 9.23. The van der Waals surface area contributed by atoms with Gasteiger partial charge in [0.05, 0.1) is 12.2 Å². The van der Waals surface area contributed by atoms with Crippen molar-refractivity contribution in [3.63, 3.8) is 0 Å². The van der Waals surface area contributed by atoms with E-state index < -0.39 is 0 Å². The van der Waals surface area contributed by atoms with Crippen molar-refractivity contribution in [3.8, 4) is 5.75 Å². The molecule has 0 radical (unpaired) electrons. The third-order valence-electron chi connectivity index (χ3n) is 6.60. The smallest absolute Gasteiger partial charge is 0.225 e. The second-order valence-electron chi connectivity index (χ2n) is 8.42. The van der Waals surface area contributed by atoms with E-state index in [0.717, 1.165) is 90.2 Å². The molecule has 1 aromatic heterocycles. The van der Waals surface area contributed by atoms with Crippen LogP contribution in [-0.4, -0.2) is 60.9 Å². The Morgan fingerprint density at radius 3 is 2.64 bits per heavy atom. The monoisotopic (exact) mass is 388 g/mol. The van der Waals surface area contributed by atoms with E-state index in [0.29, 0.717) is 11.8 Å². The van der Waals surface area contributed by atoms with E-state index in [9.17, 15) is 4.79 Å². The highest BCUT2D eigenvalue weighted by Gasteiger charge is 2.41. The summed E-state index contributed by atoms with van der Waals surface area (Å²) in [5.74, 6) is 2.01. The molecule has 6 heteroatoms. The quantitative estimate of drug-likeness (QED) is 0.776. The fourth-order valence-corrected chi connectivity index (χ4v) is 4.84.